The van der Waals surface area contributed by atoms with Crippen LogP contribution in [0.1, 0.15) is 36.2 Å². The van der Waals surface area contributed by atoms with Gasteiger partial charge in [0.05, 0.1) is 13.2 Å². The number of fused-ring (bicyclic) bond motifs is 3. The molecule has 0 fully saturated rings. The van der Waals surface area contributed by atoms with Crippen LogP contribution in [0.3, 0.4) is 0 Å². The van der Waals surface area contributed by atoms with Gasteiger partial charge in [-0.3, -0.25) is 0 Å². The van der Waals surface area contributed by atoms with Crippen LogP contribution in [-0.4, -0.2) is 26.1 Å². The Kier molecular flexibility index (Phi) is 3.80. The van der Waals surface area contributed by atoms with E-state index in [2.05, 4.69) is 43.8 Å². The molecule has 2 N–H and O–H groups in total. The van der Waals surface area contributed by atoms with E-state index >= 15 is 0 Å². The summed E-state index contributed by atoms with van der Waals surface area (Å²) in [6, 6.07) is 9.08. The number of nitrogens with zero attached hydrogens (tertiary/aromatic N) is 4. The number of ether oxygens (including phenoxy) is 1. The number of rotatable bonds is 0. The minimum Gasteiger partial charge on any atom is -0.463 e. The van der Waals surface area contributed by atoms with E-state index in [4.69, 9.17) is 10.5 Å². The van der Waals surface area contributed by atoms with Crippen LogP contribution >= 0.6 is 0 Å². The molecule has 1 aliphatic heterocycles. The van der Waals surface area contributed by atoms with E-state index < -0.39 is 0 Å². The summed E-state index contributed by atoms with van der Waals surface area (Å²) >= 11 is 0. The number of hydrogen-bond donors (Lipinski definition) is 1. The van der Waals surface area contributed by atoms with Gasteiger partial charge in [-0.2, -0.15) is 9.97 Å². The van der Waals surface area contributed by atoms with Crippen LogP contribution in [0, 0.1) is 6.92 Å². The molecule has 3 aromatic rings. The normalized spacial score (nSPS) is 15.2. The summed E-state index contributed by atoms with van der Waals surface area (Å²) in [7, 11) is 0. The lowest BCUT2D eigenvalue weighted by Crippen LogP contribution is -2.07. The fourth-order valence-electron chi connectivity index (χ4n) is 3.20. The standard InChI is InChI=1S/C18H21N5O/c1-12-20-15-16(19)21-18-22-17(15)23(12)11-14-8-5-7-13(10-14)6-3-2-4-9-24-18/h5,7-8,10H,2-4,6,9,11H2,1H3,(H2,19,21,22). The van der Waals surface area contributed by atoms with Gasteiger partial charge in [0.1, 0.15) is 5.82 Å². The first-order valence-electron chi connectivity index (χ1n) is 8.42. The summed E-state index contributed by atoms with van der Waals surface area (Å²) in [5.74, 6) is 1.25. The van der Waals surface area contributed by atoms with Crippen molar-refractivity contribution in [1.82, 2.24) is 19.5 Å². The van der Waals surface area contributed by atoms with Gasteiger partial charge >= 0.3 is 6.01 Å². The Bertz CT molecular complexity index is 886. The largest absolute Gasteiger partial charge is 0.463 e. The maximum Gasteiger partial charge on any atom is 0.320 e. The van der Waals surface area contributed by atoms with Gasteiger partial charge in [0, 0.05) is 0 Å². The number of imidazole rings is 1. The fraction of sp³-hybridized carbons (Fsp3) is 0.389. The third-order valence-corrected chi connectivity index (χ3v) is 4.47. The molecule has 1 aliphatic rings. The van der Waals surface area contributed by atoms with Gasteiger partial charge in [-0.05, 0) is 43.7 Å². The molecule has 124 valence electrons. The third kappa shape index (κ3) is 2.79. The van der Waals surface area contributed by atoms with E-state index in [1.807, 2.05) is 6.92 Å². The number of nitrogens with two attached hydrogens (primary N) is 1. The van der Waals surface area contributed by atoms with Crippen LogP contribution in [0.2, 0.25) is 0 Å². The second-order valence-corrected chi connectivity index (χ2v) is 6.29. The lowest BCUT2D eigenvalue weighted by molar-refractivity contribution is 0.283. The summed E-state index contributed by atoms with van der Waals surface area (Å²) in [5, 5.41) is 0. The first kappa shape index (κ1) is 14.9. The van der Waals surface area contributed by atoms with Crippen molar-refractivity contribution in [1.29, 1.82) is 0 Å². The number of benzene rings is 1. The molecule has 2 aromatic heterocycles. The van der Waals surface area contributed by atoms with E-state index in [1.54, 1.807) is 0 Å². The Hall–Kier alpha value is -2.63. The van der Waals surface area contributed by atoms with Gasteiger partial charge in [-0.15, -0.1) is 0 Å². The molecule has 4 bridgehead atoms. The Balaban J connectivity index is 1.84. The molecule has 4 rings (SSSR count). The molecular formula is C18H21N5O. The van der Waals surface area contributed by atoms with Gasteiger partial charge in [0.2, 0.25) is 0 Å². The minimum absolute atomic E-state index is 0.340. The summed E-state index contributed by atoms with van der Waals surface area (Å²) in [6.45, 7) is 3.29. The van der Waals surface area contributed by atoms with Crippen molar-refractivity contribution in [2.45, 2.75) is 39.2 Å². The average molecular weight is 323 g/mol. The Labute approximate surface area is 140 Å². The highest BCUT2D eigenvalue weighted by Gasteiger charge is 2.16. The molecule has 0 saturated heterocycles. The maximum atomic E-state index is 6.07. The summed E-state index contributed by atoms with van der Waals surface area (Å²) in [4.78, 5) is 13.3. The van der Waals surface area contributed by atoms with Crippen molar-refractivity contribution < 1.29 is 4.74 Å². The van der Waals surface area contributed by atoms with E-state index in [-0.39, 0.29) is 0 Å². The summed E-state index contributed by atoms with van der Waals surface area (Å²) in [6.07, 6.45) is 4.36. The molecule has 0 saturated carbocycles. The highest BCUT2D eigenvalue weighted by molar-refractivity contribution is 5.82. The molecule has 3 heterocycles. The monoisotopic (exact) mass is 323 g/mol. The number of hydrogen-bond acceptors (Lipinski definition) is 5. The molecule has 6 heteroatoms. The first-order valence-corrected chi connectivity index (χ1v) is 8.42. The second kappa shape index (κ2) is 6.11. The van der Waals surface area contributed by atoms with Crippen LogP contribution in [0.15, 0.2) is 24.3 Å². The molecule has 0 spiro atoms. The smallest absolute Gasteiger partial charge is 0.320 e. The number of nitrogen functional groups attached to an aromatic ring is 1. The van der Waals surface area contributed by atoms with Crippen LogP contribution in [0.4, 0.5) is 5.82 Å². The summed E-state index contributed by atoms with van der Waals surface area (Å²) < 4.78 is 7.78. The lowest BCUT2D eigenvalue weighted by atomic mass is 10.0. The maximum absolute atomic E-state index is 6.07. The van der Waals surface area contributed by atoms with Crippen LogP contribution < -0.4 is 10.5 Å². The average Bonchev–Trinajstić information content (AvgIpc) is 2.88. The van der Waals surface area contributed by atoms with E-state index in [0.29, 0.717) is 30.5 Å². The molecule has 24 heavy (non-hydrogen) atoms. The Morgan fingerprint density at radius 3 is 2.88 bits per heavy atom. The Morgan fingerprint density at radius 1 is 1.08 bits per heavy atom. The van der Waals surface area contributed by atoms with Gasteiger partial charge in [0.25, 0.3) is 0 Å². The SMILES string of the molecule is Cc1nc2c(N)nc3nc2n1Cc1cccc(c1)CCCCCO3. The number of anilines is 1. The van der Waals surface area contributed by atoms with Gasteiger partial charge in [-0.1, -0.05) is 24.3 Å². The van der Waals surface area contributed by atoms with Crippen LogP contribution in [0.5, 0.6) is 6.01 Å². The van der Waals surface area contributed by atoms with Crippen molar-refractivity contribution in [3.8, 4) is 6.01 Å². The molecule has 0 amide bonds. The van der Waals surface area contributed by atoms with Gasteiger partial charge in [0.15, 0.2) is 17.0 Å². The van der Waals surface area contributed by atoms with Crippen LogP contribution in [0.25, 0.3) is 11.2 Å². The molecule has 0 atom stereocenters. The molecule has 1 aromatic carbocycles. The van der Waals surface area contributed by atoms with Crippen molar-refractivity contribution >= 4 is 17.0 Å². The van der Waals surface area contributed by atoms with Crippen molar-refractivity contribution in [3.63, 3.8) is 0 Å². The third-order valence-electron chi connectivity index (χ3n) is 4.47. The predicted molar refractivity (Wildman–Crippen MR) is 93.1 cm³/mol. The van der Waals surface area contributed by atoms with E-state index in [0.717, 1.165) is 37.2 Å². The first-order chi connectivity index (χ1) is 11.7. The zero-order valence-electron chi connectivity index (χ0n) is 13.8. The van der Waals surface area contributed by atoms with Crippen molar-refractivity contribution in [2.24, 2.45) is 0 Å². The van der Waals surface area contributed by atoms with E-state index in [1.165, 1.54) is 11.1 Å². The topological polar surface area (TPSA) is 78.9 Å². The number of aromatic nitrogens is 4. The molecule has 6 nitrogen and oxygen atoms in total. The van der Waals surface area contributed by atoms with Crippen molar-refractivity contribution in [2.75, 3.05) is 12.3 Å². The molecule has 0 unspecified atom stereocenters. The quantitative estimate of drug-likeness (QED) is 0.688. The van der Waals surface area contributed by atoms with Gasteiger partial charge in [-0.25, -0.2) is 4.98 Å². The Morgan fingerprint density at radius 2 is 1.96 bits per heavy atom. The minimum atomic E-state index is 0.340. The number of aryl methyl sites for hydroxylation is 2. The lowest BCUT2D eigenvalue weighted by Gasteiger charge is -2.11. The highest BCUT2D eigenvalue weighted by atomic mass is 16.5. The predicted octanol–water partition coefficient (Wildman–Crippen LogP) is 2.87. The fourth-order valence-corrected chi connectivity index (χ4v) is 3.20. The van der Waals surface area contributed by atoms with Crippen molar-refractivity contribution in [3.05, 3.63) is 41.2 Å². The van der Waals surface area contributed by atoms with Gasteiger partial charge < -0.3 is 15.0 Å². The van der Waals surface area contributed by atoms with Crippen LogP contribution in [-0.2, 0) is 13.0 Å². The molecule has 0 aliphatic carbocycles. The summed E-state index contributed by atoms with van der Waals surface area (Å²) in [5.41, 5.74) is 10.1. The molecule has 0 radical (unpaired) electrons. The second-order valence-electron chi connectivity index (χ2n) is 6.29. The zero-order valence-corrected chi connectivity index (χ0v) is 13.8. The highest BCUT2D eigenvalue weighted by Crippen LogP contribution is 2.23. The molecular weight excluding hydrogens is 302 g/mol. The zero-order chi connectivity index (χ0) is 16.5. The van der Waals surface area contributed by atoms with E-state index in [9.17, 15) is 0 Å².